The van der Waals surface area contributed by atoms with Crippen LogP contribution < -0.4 is 0 Å². The molecule has 1 amide bonds. The fraction of sp³-hybridized carbons (Fsp3) is 0.316. The Labute approximate surface area is 146 Å². The highest BCUT2D eigenvalue weighted by molar-refractivity contribution is 5.92. The summed E-state index contributed by atoms with van der Waals surface area (Å²) in [7, 11) is 0. The van der Waals surface area contributed by atoms with Crippen LogP contribution in [0.15, 0.2) is 53.3 Å². The molecule has 0 aliphatic carbocycles. The zero-order valence-corrected chi connectivity index (χ0v) is 14.1. The fourth-order valence-corrected chi connectivity index (χ4v) is 3.24. The lowest BCUT2D eigenvalue weighted by molar-refractivity contribution is 0.0631. The minimum absolute atomic E-state index is 0.109. The summed E-state index contributed by atoms with van der Waals surface area (Å²) in [6.45, 7) is 3.41. The quantitative estimate of drug-likeness (QED) is 0.736. The third kappa shape index (κ3) is 3.20. The molecule has 1 atom stereocenters. The summed E-state index contributed by atoms with van der Waals surface area (Å²) in [5.74, 6) is 0.180. The molecule has 6 heteroatoms. The average Bonchev–Trinajstić information content (AvgIpc) is 3.34. The largest absolute Gasteiger partial charge is 0.350 e. The lowest BCUT2D eigenvalue weighted by Crippen LogP contribution is -2.40. The van der Waals surface area contributed by atoms with Crippen molar-refractivity contribution in [2.45, 2.75) is 25.8 Å². The van der Waals surface area contributed by atoms with Gasteiger partial charge in [-0.25, -0.2) is 0 Å². The monoisotopic (exact) mass is 336 g/mol. The number of carbonyl (C=O) groups excluding carboxylic acids is 1. The van der Waals surface area contributed by atoms with Gasteiger partial charge in [0, 0.05) is 37.1 Å². The normalized spacial score (nSPS) is 17.6. The molecule has 0 unspecified atom stereocenters. The summed E-state index contributed by atoms with van der Waals surface area (Å²) in [4.78, 5) is 14.6. The number of piperidine rings is 1. The van der Waals surface area contributed by atoms with Gasteiger partial charge in [-0.2, -0.15) is 5.10 Å². The van der Waals surface area contributed by atoms with Crippen LogP contribution in [-0.2, 0) is 0 Å². The molecule has 1 aliphatic heterocycles. The molecule has 2 aromatic heterocycles. The number of benzene rings is 1. The SMILES string of the molecule is Cc1ccc(-c2cc(C(=O)N3CCC[C@@H](n4cccn4)C3)on2)cc1. The Balaban J connectivity index is 1.50. The van der Waals surface area contributed by atoms with E-state index in [1.807, 2.05) is 53.0 Å². The molecule has 1 aromatic carbocycles. The number of aryl methyl sites for hydroxylation is 1. The van der Waals surface area contributed by atoms with Gasteiger partial charge in [0.15, 0.2) is 0 Å². The van der Waals surface area contributed by atoms with Crippen LogP contribution >= 0.6 is 0 Å². The van der Waals surface area contributed by atoms with Crippen LogP contribution in [0.3, 0.4) is 0 Å². The lowest BCUT2D eigenvalue weighted by atomic mass is 10.1. The van der Waals surface area contributed by atoms with E-state index in [0.717, 1.165) is 24.9 Å². The molecule has 6 nitrogen and oxygen atoms in total. The van der Waals surface area contributed by atoms with E-state index in [-0.39, 0.29) is 17.7 Å². The van der Waals surface area contributed by atoms with Crippen LogP contribution in [0.2, 0.25) is 0 Å². The highest BCUT2D eigenvalue weighted by Crippen LogP contribution is 2.24. The van der Waals surface area contributed by atoms with E-state index in [0.29, 0.717) is 12.2 Å². The molecule has 1 aliphatic rings. The van der Waals surface area contributed by atoms with E-state index in [1.54, 1.807) is 12.3 Å². The molecule has 0 radical (unpaired) electrons. The van der Waals surface area contributed by atoms with Gasteiger partial charge in [0.1, 0.15) is 5.69 Å². The number of rotatable bonds is 3. The maximum Gasteiger partial charge on any atom is 0.292 e. The van der Waals surface area contributed by atoms with Crippen molar-refractivity contribution in [2.75, 3.05) is 13.1 Å². The second-order valence-electron chi connectivity index (χ2n) is 6.48. The predicted molar refractivity (Wildman–Crippen MR) is 93.1 cm³/mol. The van der Waals surface area contributed by atoms with Crippen LogP contribution in [0.5, 0.6) is 0 Å². The molecule has 3 aromatic rings. The molecule has 1 saturated heterocycles. The van der Waals surface area contributed by atoms with E-state index in [4.69, 9.17) is 4.52 Å². The summed E-state index contributed by atoms with van der Waals surface area (Å²) in [6.07, 6.45) is 5.69. The minimum Gasteiger partial charge on any atom is -0.350 e. The molecular formula is C19H20N4O2. The van der Waals surface area contributed by atoms with Crippen molar-refractivity contribution >= 4 is 5.91 Å². The highest BCUT2D eigenvalue weighted by Gasteiger charge is 2.28. The molecule has 128 valence electrons. The lowest BCUT2D eigenvalue weighted by Gasteiger charge is -2.32. The molecule has 3 heterocycles. The highest BCUT2D eigenvalue weighted by atomic mass is 16.5. The zero-order chi connectivity index (χ0) is 17.2. The van der Waals surface area contributed by atoms with Gasteiger partial charge < -0.3 is 9.42 Å². The number of likely N-dealkylation sites (tertiary alicyclic amines) is 1. The van der Waals surface area contributed by atoms with Gasteiger partial charge >= 0.3 is 0 Å². The van der Waals surface area contributed by atoms with Gasteiger partial charge in [-0.3, -0.25) is 9.48 Å². The number of hydrogen-bond donors (Lipinski definition) is 0. The van der Waals surface area contributed by atoms with Crippen molar-refractivity contribution in [1.82, 2.24) is 19.8 Å². The molecular weight excluding hydrogens is 316 g/mol. The average molecular weight is 336 g/mol. The maximum absolute atomic E-state index is 12.8. The Morgan fingerprint density at radius 1 is 1.28 bits per heavy atom. The third-order valence-corrected chi connectivity index (χ3v) is 4.65. The van der Waals surface area contributed by atoms with Crippen LogP contribution in [0.4, 0.5) is 0 Å². The summed E-state index contributed by atoms with van der Waals surface area (Å²) >= 11 is 0. The topological polar surface area (TPSA) is 64.2 Å². The molecule has 1 fully saturated rings. The molecule has 4 rings (SSSR count). The van der Waals surface area contributed by atoms with Crippen molar-refractivity contribution in [3.8, 4) is 11.3 Å². The Morgan fingerprint density at radius 3 is 2.88 bits per heavy atom. The van der Waals surface area contributed by atoms with E-state index in [1.165, 1.54) is 5.56 Å². The smallest absolute Gasteiger partial charge is 0.292 e. The predicted octanol–water partition coefficient (Wildman–Crippen LogP) is 3.32. The molecule has 0 spiro atoms. The standard InChI is InChI=1S/C19H20N4O2/c1-14-5-7-15(8-6-14)17-12-18(25-21-17)19(24)22-10-2-4-16(13-22)23-11-3-9-20-23/h3,5-9,11-12,16H,2,4,10,13H2,1H3/t16-/m1/s1. The second-order valence-corrected chi connectivity index (χ2v) is 6.48. The Bertz CT molecular complexity index is 852. The first kappa shape index (κ1) is 15.6. The number of hydrogen-bond acceptors (Lipinski definition) is 4. The molecule has 0 saturated carbocycles. The fourth-order valence-electron chi connectivity index (χ4n) is 3.24. The Kier molecular flexibility index (Phi) is 4.09. The van der Waals surface area contributed by atoms with Gasteiger partial charge in [0.25, 0.3) is 5.91 Å². The Morgan fingerprint density at radius 2 is 2.12 bits per heavy atom. The van der Waals surface area contributed by atoms with Crippen molar-refractivity contribution in [3.63, 3.8) is 0 Å². The summed E-state index contributed by atoms with van der Waals surface area (Å²) in [5, 5.41) is 8.36. The van der Waals surface area contributed by atoms with Gasteiger partial charge in [-0.1, -0.05) is 35.0 Å². The van der Waals surface area contributed by atoms with Crippen molar-refractivity contribution < 1.29 is 9.32 Å². The summed E-state index contributed by atoms with van der Waals surface area (Å²) in [6, 6.07) is 11.9. The van der Waals surface area contributed by atoms with Gasteiger partial charge in [0.2, 0.25) is 5.76 Å². The Hall–Kier alpha value is -2.89. The second kappa shape index (κ2) is 6.55. The number of nitrogens with zero attached hydrogens (tertiary/aromatic N) is 4. The van der Waals surface area contributed by atoms with Crippen molar-refractivity contribution in [1.29, 1.82) is 0 Å². The number of amides is 1. The molecule has 0 bridgehead atoms. The summed E-state index contributed by atoms with van der Waals surface area (Å²) in [5.41, 5.74) is 2.81. The first-order chi connectivity index (χ1) is 12.2. The van der Waals surface area contributed by atoms with Gasteiger partial charge in [-0.15, -0.1) is 0 Å². The van der Waals surface area contributed by atoms with E-state index < -0.39 is 0 Å². The summed E-state index contributed by atoms with van der Waals surface area (Å²) < 4.78 is 7.25. The first-order valence-electron chi connectivity index (χ1n) is 8.53. The zero-order valence-electron chi connectivity index (χ0n) is 14.1. The number of aromatic nitrogens is 3. The van der Waals surface area contributed by atoms with Crippen LogP contribution in [0.25, 0.3) is 11.3 Å². The molecule has 0 N–H and O–H groups in total. The molecule has 25 heavy (non-hydrogen) atoms. The van der Waals surface area contributed by atoms with Gasteiger partial charge in [-0.05, 0) is 25.8 Å². The van der Waals surface area contributed by atoms with Gasteiger partial charge in [0.05, 0.1) is 6.04 Å². The maximum atomic E-state index is 12.8. The first-order valence-corrected chi connectivity index (χ1v) is 8.53. The van der Waals surface area contributed by atoms with Crippen molar-refractivity contribution in [2.24, 2.45) is 0 Å². The van der Waals surface area contributed by atoms with E-state index in [2.05, 4.69) is 10.3 Å². The van der Waals surface area contributed by atoms with Crippen molar-refractivity contribution in [3.05, 3.63) is 60.1 Å². The van der Waals surface area contributed by atoms with Crippen LogP contribution in [0, 0.1) is 6.92 Å². The third-order valence-electron chi connectivity index (χ3n) is 4.65. The van der Waals surface area contributed by atoms with E-state index >= 15 is 0 Å². The number of carbonyl (C=O) groups is 1. The van der Waals surface area contributed by atoms with E-state index in [9.17, 15) is 4.79 Å². The minimum atomic E-state index is -0.109. The van der Waals surface area contributed by atoms with Crippen LogP contribution in [0.1, 0.15) is 35.0 Å². The van der Waals surface area contributed by atoms with Crippen LogP contribution in [-0.4, -0.2) is 38.8 Å².